The van der Waals surface area contributed by atoms with Crippen LogP contribution >= 0.6 is 0 Å². The van der Waals surface area contributed by atoms with Crippen LogP contribution in [0.3, 0.4) is 0 Å². The molecule has 0 saturated carbocycles. The van der Waals surface area contributed by atoms with E-state index in [0.717, 1.165) is 16.7 Å². The van der Waals surface area contributed by atoms with Gasteiger partial charge in [-0.3, -0.25) is 10.8 Å². The molecule has 0 amide bonds. The van der Waals surface area contributed by atoms with E-state index in [1.54, 1.807) is 36.4 Å². The lowest BCUT2D eigenvalue weighted by Gasteiger charge is -1.97. The van der Waals surface area contributed by atoms with Gasteiger partial charge in [0, 0.05) is 16.8 Å². The lowest BCUT2D eigenvalue weighted by Crippen LogP contribution is -2.11. The molecule has 8 N–H and O–H groups in total. The Morgan fingerprint density at radius 2 is 1.77 bits per heavy atom. The van der Waals surface area contributed by atoms with Crippen molar-refractivity contribution in [3.8, 4) is 23.2 Å². The van der Waals surface area contributed by atoms with Crippen LogP contribution in [0.2, 0.25) is 0 Å². The van der Waals surface area contributed by atoms with Crippen molar-refractivity contribution in [1.82, 2.24) is 19.9 Å². The molecular weight excluding hydrogens is 380 g/mol. The lowest BCUT2D eigenvalue weighted by atomic mass is 10.2. The number of amidine groups is 2. The monoisotopic (exact) mass is 400 g/mol. The van der Waals surface area contributed by atoms with E-state index in [4.69, 9.17) is 26.7 Å². The maximum Gasteiger partial charge on any atom is 0.174 e. The number of nitrogens with one attached hydrogen (secondary N) is 4. The van der Waals surface area contributed by atoms with Crippen LogP contribution in [0.1, 0.15) is 17.0 Å². The number of H-pyrrole nitrogens is 2. The Labute approximate surface area is 171 Å². The molecule has 0 fully saturated rings. The van der Waals surface area contributed by atoms with E-state index in [0.29, 0.717) is 40.0 Å². The second-order valence-corrected chi connectivity index (χ2v) is 6.71. The molecule has 30 heavy (non-hydrogen) atoms. The van der Waals surface area contributed by atoms with Crippen molar-refractivity contribution in [2.75, 3.05) is 0 Å². The zero-order valence-electron chi connectivity index (χ0n) is 16.2. The van der Waals surface area contributed by atoms with Gasteiger partial charge in [0.1, 0.15) is 11.7 Å². The van der Waals surface area contributed by atoms with Gasteiger partial charge in [0.25, 0.3) is 0 Å². The van der Waals surface area contributed by atoms with Crippen molar-refractivity contribution in [2.45, 2.75) is 6.92 Å². The zero-order chi connectivity index (χ0) is 21.4. The first kappa shape index (κ1) is 18.9. The van der Waals surface area contributed by atoms with Gasteiger partial charge in [-0.05, 0) is 43.3 Å². The summed E-state index contributed by atoms with van der Waals surface area (Å²) in [5.41, 5.74) is 15.2. The molecule has 0 aliphatic heterocycles. The summed E-state index contributed by atoms with van der Waals surface area (Å²) in [5.74, 6) is 2.12. The summed E-state index contributed by atoms with van der Waals surface area (Å²) >= 11 is 0. The molecule has 3 heterocycles. The van der Waals surface area contributed by atoms with Gasteiger partial charge >= 0.3 is 0 Å². The molecule has 3 aromatic heterocycles. The number of furan rings is 1. The number of rotatable bonds is 6. The zero-order valence-corrected chi connectivity index (χ0v) is 16.2. The third-order valence-corrected chi connectivity index (χ3v) is 4.61. The highest BCUT2D eigenvalue weighted by Crippen LogP contribution is 2.28. The summed E-state index contributed by atoms with van der Waals surface area (Å²) in [6, 6.07) is 8.93. The number of nitrogens with zero attached hydrogens (tertiary/aromatic N) is 2. The summed E-state index contributed by atoms with van der Waals surface area (Å²) in [4.78, 5) is 15.4. The quantitative estimate of drug-likeness (QED) is 0.165. The number of benzene rings is 1. The van der Waals surface area contributed by atoms with Crippen molar-refractivity contribution in [3.05, 3.63) is 65.5 Å². The number of hydrogen-bond donors (Lipinski definition) is 6. The number of fused-ring (bicyclic) bond motifs is 1. The Morgan fingerprint density at radius 3 is 2.40 bits per heavy atom. The van der Waals surface area contributed by atoms with Crippen LogP contribution in [0.4, 0.5) is 0 Å². The topological polar surface area (TPSA) is 170 Å². The van der Waals surface area contributed by atoms with E-state index in [1.807, 2.05) is 6.92 Å². The molecule has 0 spiro atoms. The fourth-order valence-corrected chi connectivity index (χ4v) is 3.01. The fraction of sp³-hybridized carbons (Fsp3) is 0.0476. The highest BCUT2D eigenvalue weighted by atomic mass is 16.3. The third kappa shape index (κ3) is 3.39. The minimum atomic E-state index is -0.0768. The van der Waals surface area contributed by atoms with Gasteiger partial charge in [-0.2, -0.15) is 0 Å². The van der Waals surface area contributed by atoms with Gasteiger partial charge in [-0.25, -0.2) is 9.97 Å². The summed E-state index contributed by atoms with van der Waals surface area (Å²) in [7, 11) is 0. The number of hydrogen-bond acceptors (Lipinski definition) is 5. The predicted molar refractivity (Wildman–Crippen MR) is 117 cm³/mol. The number of nitrogen functional groups attached to an aromatic ring is 1. The van der Waals surface area contributed by atoms with E-state index >= 15 is 0 Å². The SMILES string of the molecule is C=C/C(=C\c1nc(-c2ccc(-c3nc4ccc(C(=N)N)cc4[nH]3)o2)[nH]c1C)C(=N)N. The van der Waals surface area contributed by atoms with Crippen molar-refractivity contribution in [1.29, 1.82) is 10.8 Å². The average molecular weight is 400 g/mol. The smallest absolute Gasteiger partial charge is 0.174 e. The van der Waals surface area contributed by atoms with E-state index in [-0.39, 0.29) is 11.7 Å². The number of aryl methyl sites for hydroxylation is 1. The Hall–Kier alpha value is -4.40. The van der Waals surface area contributed by atoms with E-state index in [1.165, 1.54) is 6.08 Å². The number of nitrogens with two attached hydrogens (primary N) is 2. The molecule has 0 aliphatic rings. The first-order chi connectivity index (χ1) is 14.4. The summed E-state index contributed by atoms with van der Waals surface area (Å²) in [5, 5.41) is 15.1. The standard InChI is InChI=1S/C21H20N8O/c1-3-11(18(22)23)8-14-10(2)26-20(28-14)16-6-7-17(30-16)21-27-13-5-4-12(19(24)25)9-15(13)29-21/h3-9H,1H2,2H3,(H3,22,23)(H3,24,25)(H,26,28)(H,27,29)/b11-8+. The number of aromatic nitrogens is 4. The van der Waals surface area contributed by atoms with Crippen LogP contribution in [0.5, 0.6) is 0 Å². The minimum absolute atomic E-state index is 0.00392. The molecule has 0 saturated heterocycles. The molecule has 0 radical (unpaired) electrons. The van der Waals surface area contributed by atoms with Crippen LogP contribution in [0.25, 0.3) is 40.3 Å². The predicted octanol–water partition coefficient (Wildman–Crippen LogP) is 3.31. The van der Waals surface area contributed by atoms with E-state index < -0.39 is 0 Å². The van der Waals surface area contributed by atoms with Crippen LogP contribution in [0, 0.1) is 17.7 Å². The van der Waals surface area contributed by atoms with Gasteiger partial charge in [0.05, 0.1) is 16.7 Å². The summed E-state index contributed by atoms with van der Waals surface area (Å²) < 4.78 is 5.95. The van der Waals surface area contributed by atoms with Gasteiger partial charge in [-0.1, -0.05) is 12.7 Å². The number of imidazole rings is 2. The maximum atomic E-state index is 7.58. The Kier molecular flexibility index (Phi) is 4.55. The molecule has 0 bridgehead atoms. The van der Waals surface area contributed by atoms with E-state index in [9.17, 15) is 0 Å². The molecule has 150 valence electrons. The fourth-order valence-electron chi connectivity index (χ4n) is 3.01. The molecular formula is C21H20N8O. The van der Waals surface area contributed by atoms with E-state index in [2.05, 4.69) is 26.5 Å². The average Bonchev–Trinajstić information content (AvgIpc) is 3.42. The molecule has 4 rings (SSSR count). The molecule has 9 heteroatoms. The Bertz CT molecular complexity index is 1330. The lowest BCUT2D eigenvalue weighted by molar-refractivity contribution is 0.589. The van der Waals surface area contributed by atoms with Gasteiger partial charge in [0.2, 0.25) is 0 Å². The van der Waals surface area contributed by atoms with Crippen molar-refractivity contribution >= 4 is 28.8 Å². The molecule has 0 aliphatic carbocycles. The minimum Gasteiger partial charge on any atom is -0.450 e. The molecule has 0 atom stereocenters. The first-order valence-corrected chi connectivity index (χ1v) is 9.05. The Morgan fingerprint density at radius 1 is 1.07 bits per heavy atom. The van der Waals surface area contributed by atoms with Crippen LogP contribution < -0.4 is 11.5 Å². The van der Waals surface area contributed by atoms with Crippen LogP contribution in [-0.2, 0) is 0 Å². The summed E-state index contributed by atoms with van der Waals surface area (Å²) in [6.45, 7) is 5.54. The van der Waals surface area contributed by atoms with Gasteiger partial charge in [-0.15, -0.1) is 0 Å². The first-order valence-electron chi connectivity index (χ1n) is 9.05. The highest BCUT2D eigenvalue weighted by Gasteiger charge is 2.15. The second kappa shape index (κ2) is 7.21. The van der Waals surface area contributed by atoms with Gasteiger partial charge < -0.3 is 25.9 Å². The highest BCUT2D eigenvalue weighted by molar-refractivity contribution is 6.01. The molecule has 4 aromatic rings. The van der Waals surface area contributed by atoms with Crippen molar-refractivity contribution in [2.24, 2.45) is 11.5 Å². The van der Waals surface area contributed by atoms with Crippen molar-refractivity contribution < 1.29 is 4.42 Å². The largest absolute Gasteiger partial charge is 0.450 e. The molecule has 0 unspecified atom stereocenters. The van der Waals surface area contributed by atoms with Crippen molar-refractivity contribution in [3.63, 3.8) is 0 Å². The summed E-state index contributed by atoms with van der Waals surface area (Å²) in [6.07, 6.45) is 3.21. The molecule has 1 aromatic carbocycles. The third-order valence-electron chi connectivity index (χ3n) is 4.61. The normalized spacial score (nSPS) is 11.7. The van der Waals surface area contributed by atoms with Gasteiger partial charge in [0.15, 0.2) is 23.2 Å². The number of aromatic amines is 2. The molecule has 9 nitrogen and oxygen atoms in total. The van der Waals surface area contributed by atoms with Crippen LogP contribution in [0.15, 0.2) is 53.0 Å². The Balaban J connectivity index is 1.67. The second-order valence-electron chi connectivity index (χ2n) is 6.71. The maximum absolute atomic E-state index is 7.58. The van der Waals surface area contributed by atoms with Crippen LogP contribution in [-0.4, -0.2) is 31.6 Å².